The second-order valence-corrected chi connectivity index (χ2v) is 9.68. The number of hydrogen-bond donors (Lipinski definition) is 0. The minimum absolute atomic E-state index is 0.135. The molecule has 2 aromatic carbocycles. The van der Waals surface area contributed by atoms with Crippen LogP contribution in [0.5, 0.6) is 5.75 Å². The zero-order valence-corrected chi connectivity index (χ0v) is 19.5. The van der Waals surface area contributed by atoms with Gasteiger partial charge in [-0.05, 0) is 48.2 Å². The molecule has 5 rings (SSSR count). The third-order valence-electron chi connectivity index (χ3n) is 6.04. The largest absolute Gasteiger partial charge is 0.484 e. The van der Waals surface area contributed by atoms with Gasteiger partial charge in [0.2, 0.25) is 0 Å². The Morgan fingerprint density at radius 2 is 1.85 bits per heavy atom. The molecule has 2 unspecified atom stereocenters. The molecule has 0 amide bonds. The Morgan fingerprint density at radius 1 is 1.00 bits per heavy atom. The van der Waals surface area contributed by atoms with E-state index in [-0.39, 0.29) is 17.6 Å². The van der Waals surface area contributed by atoms with Crippen LogP contribution in [0.25, 0.3) is 0 Å². The monoisotopic (exact) mass is 471 g/mol. The normalized spacial score (nSPS) is 14.9. The van der Waals surface area contributed by atoms with Gasteiger partial charge in [0.1, 0.15) is 16.9 Å². The Kier molecular flexibility index (Phi) is 6.62. The predicted molar refractivity (Wildman–Crippen MR) is 130 cm³/mol. The third kappa shape index (κ3) is 4.84. The van der Waals surface area contributed by atoms with Crippen LogP contribution in [0.4, 0.5) is 0 Å². The Morgan fingerprint density at radius 3 is 2.62 bits per heavy atom. The molecule has 6 nitrogen and oxygen atoms in total. The summed E-state index contributed by atoms with van der Waals surface area (Å²) in [6.07, 6.45) is 8.88. The number of carbonyl (C=O) groups is 1. The molecule has 0 N–H and O–H groups in total. The molecule has 0 radical (unpaired) electrons. The maximum absolute atomic E-state index is 13.2. The second kappa shape index (κ2) is 10.1. The fourth-order valence-electron chi connectivity index (χ4n) is 4.35. The first-order valence-corrected chi connectivity index (χ1v) is 12.7. The van der Waals surface area contributed by atoms with E-state index in [0.29, 0.717) is 23.7 Å². The quantitative estimate of drug-likeness (QED) is 0.364. The summed E-state index contributed by atoms with van der Waals surface area (Å²) >= 11 is 0. The van der Waals surface area contributed by atoms with Crippen molar-refractivity contribution in [1.29, 1.82) is 0 Å². The summed E-state index contributed by atoms with van der Waals surface area (Å²) in [5.41, 5.74) is 3.54. The van der Waals surface area contributed by atoms with Crippen LogP contribution in [0.15, 0.2) is 90.6 Å². The highest BCUT2D eigenvalue weighted by Crippen LogP contribution is 2.35. The van der Waals surface area contributed by atoms with E-state index in [1.807, 2.05) is 59.3 Å². The van der Waals surface area contributed by atoms with Crippen LogP contribution in [0, 0.1) is 0 Å². The van der Waals surface area contributed by atoms with Gasteiger partial charge >= 0.3 is 0 Å². The SMILES string of the molecule is O=C1CCCc2c1ccc(OC(Cn1ccnc1)c1ccccc1)c2CS(=O)c1ccccn1. The van der Waals surface area contributed by atoms with Crippen LogP contribution in [-0.4, -0.2) is 24.5 Å². The van der Waals surface area contributed by atoms with Crippen LogP contribution in [0.2, 0.25) is 0 Å². The average molecular weight is 472 g/mol. The maximum atomic E-state index is 13.2. The first-order valence-electron chi connectivity index (χ1n) is 11.3. The number of ether oxygens (including phenoxy) is 1. The van der Waals surface area contributed by atoms with Gasteiger partial charge < -0.3 is 9.30 Å². The van der Waals surface area contributed by atoms with Gasteiger partial charge in [0.05, 0.1) is 29.4 Å². The van der Waals surface area contributed by atoms with Crippen LogP contribution in [-0.2, 0) is 29.5 Å². The topological polar surface area (TPSA) is 74.1 Å². The van der Waals surface area contributed by atoms with Crippen molar-refractivity contribution in [3.05, 3.63) is 108 Å². The molecule has 34 heavy (non-hydrogen) atoms. The summed E-state index contributed by atoms with van der Waals surface area (Å²) in [5, 5.41) is 0.520. The van der Waals surface area contributed by atoms with Crippen molar-refractivity contribution >= 4 is 16.6 Å². The van der Waals surface area contributed by atoms with E-state index in [4.69, 9.17) is 4.74 Å². The fourth-order valence-corrected chi connectivity index (χ4v) is 5.49. The second-order valence-electron chi connectivity index (χ2n) is 8.28. The number of nitrogens with zero attached hydrogens (tertiary/aromatic N) is 3. The summed E-state index contributed by atoms with van der Waals surface area (Å²) < 4.78 is 21.8. The summed E-state index contributed by atoms with van der Waals surface area (Å²) in [5.74, 6) is 1.04. The van der Waals surface area contributed by atoms with Crippen LogP contribution in [0.3, 0.4) is 0 Å². The molecule has 0 spiro atoms. The number of carbonyl (C=O) groups excluding carboxylic acids is 1. The lowest BCUT2D eigenvalue weighted by molar-refractivity contribution is 0.0972. The molecule has 4 aromatic rings. The number of aromatic nitrogens is 3. The van der Waals surface area contributed by atoms with Crippen molar-refractivity contribution in [2.75, 3.05) is 0 Å². The molecule has 1 aliphatic rings. The van der Waals surface area contributed by atoms with Crippen LogP contribution < -0.4 is 4.74 Å². The van der Waals surface area contributed by atoms with Crippen molar-refractivity contribution < 1.29 is 13.7 Å². The Hall–Kier alpha value is -3.58. The lowest BCUT2D eigenvalue weighted by Gasteiger charge is -2.25. The highest BCUT2D eigenvalue weighted by molar-refractivity contribution is 7.84. The van der Waals surface area contributed by atoms with Crippen LogP contribution in [0.1, 0.15) is 46.0 Å². The molecule has 0 saturated heterocycles. The molecule has 2 atom stereocenters. The lowest BCUT2D eigenvalue weighted by Crippen LogP contribution is -2.19. The molecule has 172 valence electrons. The Balaban J connectivity index is 1.54. The van der Waals surface area contributed by atoms with Gasteiger partial charge in [-0.2, -0.15) is 0 Å². The summed E-state index contributed by atoms with van der Waals surface area (Å²) in [6.45, 7) is 0.572. The number of Topliss-reactive ketones (excluding diaryl/α,β-unsaturated/α-hetero) is 1. The smallest absolute Gasteiger partial charge is 0.163 e. The van der Waals surface area contributed by atoms with E-state index in [9.17, 15) is 9.00 Å². The number of rotatable bonds is 8. The Labute approximate surface area is 201 Å². The Bertz CT molecular complexity index is 1290. The van der Waals surface area contributed by atoms with E-state index in [2.05, 4.69) is 9.97 Å². The molecule has 0 fully saturated rings. The summed E-state index contributed by atoms with van der Waals surface area (Å²) in [4.78, 5) is 21.0. The van der Waals surface area contributed by atoms with Crippen molar-refractivity contribution in [3.63, 3.8) is 0 Å². The standard InChI is InChI=1S/C27H25N3O3S/c31-24-10-6-9-21-22(24)12-13-25(23(21)18-34(32)27-11-4-5-14-29-27)33-26(17-30-16-15-28-19-30)20-7-2-1-3-8-20/h1-5,7-8,11-16,19,26H,6,9-10,17-18H2. The highest BCUT2D eigenvalue weighted by Gasteiger charge is 2.26. The molecular formula is C27H25N3O3S. The van der Waals surface area contributed by atoms with E-state index >= 15 is 0 Å². The molecule has 0 saturated carbocycles. The zero-order chi connectivity index (χ0) is 23.3. The van der Waals surface area contributed by atoms with Crippen molar-refractivity contribution in [3.8, 4) is 5.75 Å². The van der Waals surface area contributed by atoms with E-state index < -0.39 is 10.8 Å². The van der Waals surface area contributed by atoms with Crippen molar-refractivity contribution in [2.24, 2.45) is 0 Å². The van der Waals surface area contributed by atoms with Gasteiger partial charge in [0, 0.05) is 36.1 Å². The number of imidazole rings is 1. The van der Waals surface area contributed by atoms with E-state index in [1.54, 1.807) is 30.9 Å². The molecule has 7 heteroatoms. The number of hydrogen-bond acceptors (Lipinski definition) is 5. The lowest BCUT2D eigenvalue weighted by atomic mass is 9.87. The van der Waals surface area contributed by atoms with Gasteiger partial charge in [0.25, 0.3) is 0 Å². The first kappa shape index (κ1) is 22.2. The third-order valence-corrected chi connectivity index (χ3v) is 7.30. The molecule has 0 aliphatic heterocycles. The molecule has 2 aromatic heterocycles. The van der Waals surface area contributed by atoms with Gasteiger partial charge in [-0.25, -0.2) is 9.97 Å². The maximum Gasteiger partial charge on any atom is 0.163 e. The number of pyridine rings is 1. The van der Waals surface area contributed by atoms with Gasteiger partial charge in [-0.1, -0.05) is 36.4 Å². The minimum Gasteiger partial charge on any atom is -0.484 e. The van der Waals surface area contributed by atoms with Gasteiger partial charge in [0.15, 0.2) is 5.78 Å². The first-order chi connectivity index (χ1) is 16.7. The molecule has 0 bridgehead atoms. The molecular weight excluding hydrogens is 446 g/mol. The van der Waals surface area contributed by atoms with Crippen molar-refractivity contribution in [1.82, 2.24) is 14.5 Å². The molecule has 1 aliphatic carbocycles. The summed E-state index contributed by atoms with van der Waals surface area (Å²) in [7, 11) is -1.36. The van der Waals surface area contributed by atoms with Gasteiger partial charge in [-0.15, -0.1) is 0 Å². The minimum atomic E-state index is -1.36. The van der Waals surface area contributed by atoms with E-state index in [1.165, 1.54) is 0 Å². The van der Waals surface area contributed by atoms with E-state index in [0.717, 1.165) is 35.1 Å². The highest BCUT2D eigenvalue weighted by atomic mass is 32.2. The summed E-state index contributed by atoms with van der Waals surface area (Å²) in [6, 6.07) is 19.1. The molecule has 2 heterocycles. The average Bonchev–Trinajstić information content (AvgIpc) is 3.39. The van der Waals surface area contributed by atoms with Crippen molar-refractivity contribution in [2.45, 2.75) is 42.7 Å². The van der Waals surface area contributed by atoms with Crippen LogP contribution >= 0.6 is 0 Å². The zero-order valence-electron chi connectivity index (χ0n) is 18.7. The number of benzene rings is 2. The van der Waals surface area contributed by atoms with Gasteiger partial charge in [-0.3, -0.25) is 9.00 Å². The predicted octanol–water partition coefficient (Wildman–Crippen LogP) is 4.93. The number of fused-ring (bicyclic) bond motifs is 1. The fraction of sp³-hybridized carbons (Fsp3) is 0.222. The number of ketones is 1.